The molecule has 168 valence electrons. The number of nitrogens with two attached hydrogens (primary N) is 1. The predicted molar refractivity (Wildman–Crippen MR) is 125 cm³/mol. The minimum absolute atomic E-state index is 0.0467. The van der Waals surface area contributed by atoms with Gasteiger partial charge >= 0.3 is 0 Å². The molecule has 5 rings (SSSR count). The van der Waals surface area contributed by atoms with E-state index in [1.807, 2.05) is 60.6 Å². The Morgan fingerprint density at radius 1 is 1.18 bits per heavy atom. The van der Waals surface area contributed by atoms with Gasteiger partial charge in [0.15, 0.2) is 7.05 Å². The van der Waals surface area contributed by atoms with Crippen molar-refractivity contribution in [1.82, 2.24) is 14.6 Å². The molecule has 33 heavy (non-hydrogen) atoms. The van der Waals surface area contributed by atoms with Gasteiger partial charge in [-0.25, -0.2) is 4.98 Å². The highest BCUT2D eigenvalue weighted by molar-refractivity contribution is 5.84. The van der Waals surface area contributed by atoms with Crippen molar-refractivity contribution < 1.29 is 14.2 Å². The number of hydrogen-bond donors (Lipinski definition) is 1. The first-order chi connectivity index (χ1) is 16.0. The van der Waals surface area contributed by atoms with Crippen molar-refractivity contribution in [2.24, 2.45) is 12.8 Å². The van der Waals surface area contributed by atoms with Gasteiger partial charge in [0.25, 0.3) is 0 Å². The van der Waals surface area contributed by atoms with Crippen LogP contribution < -0.4 is 15.2 Å². The van der Waals surface area contributed by atoms with Crippen LogP contribution in [0.25, 0.3) is 11.0 Å². The summed E-state index contributed by atoms with van der Waals surface area (Å²) in [6.45, 7) is 1.90. The van der Waals surface area contributed by atoms with E-state index in [-0.39, 0.29) is 5.91 Å². The Kier molecular flexibility index (Phi) is 5.56. The summed E-state index contributed by atoms with van der Waals surface area (Å²) in [6.07, 6.45) is 4.84. The molecule has 3 heterocycles. The van der Waals surface area contributed by atoms with Gasteiger partial charge in [-0.1, -0.05) is 42.5 Å². The molecule has 2 aromatic heterocycles. The molecule has 1 aliphatic heterocycles. The van der Waals surface area contributed by atoms with Crippen LogP contribution in [0.4, 0.5) is 0 Å². The number of aromatic nitrogens is 3. The summed E-state index contributed by atoms with van der Waals surface area (Å²) < 4.78 is 9.52. The van der Waals surface area contributed by atoms with Crippen LogP contribution in [-0.2, 0) is 31.4 Å². The van der Waals surface area contributed by atoms with Gasteiger partial charge in [0.1, 0.15) is 18.3 Å². The molecule has 0 saturated carbocycles. The van der Waals surface area contributed by atoms with Crippen molar-refractivity contribution in [3.8, 4) is 5.75 Å². The first-order valence-corrected chi connectivity index (χ1v) is 11.1. The van der Waals surface area contributed by atoms with Crippen LogP contribution in [0.2, 0.25) is 0 Å². The number of rotatable bonds is 5. The maximum absolute atomic E-state index is 13.0. The van der Waals surface area contributed by atoms with Crippen LogP contribution >= 0.6 is 0 Å². The van der Waals surface area contributed by atoms with Gasteiger partial charge in [0, 0.05) is 19.3 Å². The Morgan fingerprint density at radius 3 is 2.67 bits per heavy atom. The largest absolute Gasteiger partial charge is 0.497 e. The number of ether oxygens (including phenoxy) is 1. The lowest BCUT2D eigenvalue weighted by atomic mass is 9.98. The fraction of sp³-hybridized carbons (Fsp3) is 0.269. The van der Waals surface area contributed by atoms with E-state index in [0.717, 1.165) is 34.3 Å². The number of carbonyl (C=O) groups is 1. The van der Waals surface area contributed by atoms with E-state index in [0.29, 0.717) is 19.6 Å². The molecule has 0 saturated heterocycles. The number of aryl methyl sites for hydroxylation is 1. The molecular weight excluding hydrogens is 414 g/mol. The Hall–Kier alpha value is -3.71. The Labute approximate surface area is 193 Å². The molecular formula is C26H28N5O2+. The van der Waals surface area contributed by atoms with Gasteiger partial charge in [-0.05, 0) is 40.8 Å². The van der Waals surface area contributed by atoms with Gasteiger partial charge in [-0.3, -0.25) is 4.79 Å². The second-order valence-electron chi connectivity index (χ2n) is 8.51. The van der Waals surface area contributed by atoms with Crippen molar-refractivity contribution in [3.63, 3.8) is 0 Å². The van der Waals surface area contributed by atoms with Gasteiger partial charge in [0.05, 0.1) is 12.5 Å². The quantitative estimate of drug-likeness (QED) is 0.482. The summed E-state index contributed by atoms with van der Waals surface area (Å²) in [4.78, 5) is 19.7. The zero-order valence-electron chi connectivity index (χ0n) is 18.9. The van der Waals surface area contributed by atoms with Crippen molar-refractivity contribution in [2.75, 3.05) is 13.7 Å². The average molecular weight is 443 g/mol. The number of hydrogen-bond acceptors (Lipinski definition) is 4. The summed E-state index contributed by atoms with van der Waals surface area (Å²) in [5, 5.41) is 1.14. The summed E-state index contributed by atoms with van der Waals surface area (Å²) >= 11 is 0. The van der Waals surface area contributed by atoms with Crippen molar-refractivity contribution in [1.29, 1.82) is 0 Å². The third-order valence-corrected chi connectivity index (χ3v) is 6.46. The Balaban J connectivity index is 1.40. The minimum atomic E-state index is -0.646. The zero-order valence-corrected chi connectivity index (χ0v) is 18.9. The van der Waals surface area contributed by atoms with Crippen LogP contribution in [0, 0.1) is 0 Å². The molecule has 1 atom stereocenters. The van der Waals surface area contributed by atoms with Crippen LogP contribution in [-0.4, -0.2) is 34.1 Å². The predicted octanol–water partition coefficient (Wildman–Crippen LogP) is 2.50. The fourth-order valence-corrected chi connectivity index (χ4v) is 4.58. The standard InChI is InChI=1S/C26H28N5O2/c1-29-17-23-22-12-13-30(26(32)24(27)19-6-4-3-5-7-19)16-20(22)14-28-25(23)31(29)15-18-8-10-21(33-2)11-9-18/h3-11,14,17,24H,12-13,15-16,27H2,1-2H3/q+1. The SMILES string of the molecule is COc1ccc(Cn2c3ncc4c(c3c[n+]2C)CCN(C(=O)C(N)c2ccccc2)C4)cc1. The van der Waals surface area contributed by atoms with Crippen LogP contribution in [0.1, 0.15) is 28.3 Å². The number of fused-ring (bicyclic) bond motifs is 3. The summed E-state index contributed by atoms with van der Waals surface area (Å²) in [5.41, 5.74) is 11.6. The van der Waals surface area contributed by atoms with Gasteiger partial charge in [-0.2, -0.15) is 0 Å². The minimum Gasteiger partial charge on any atom is -0.497 e. The third kappa shape index (κ3) is 3.96. The molecule has 7 heteroatoms. The molecule has 2 aromatic carbocycles. The highest BCUT2D eigenvalue weighted by Crippen LogP contribution is 2.27. The molecule has 0 spiro atoms. The Morgan fingerprint density at radius 2 is 1.94 bits per heavy atom. The van der Waals surface area contributed by atoms with Crippen molar-refractivity contribution in [2.45, 2.75) is 25.6 Å². The summed E-state index contributed by atoms with van der Waals surface area (Å²) in [5.74, 6) is 0.799. The number of methoxy groups -OCH3 is 1. The summed E-state index contributed by atoms with van der Waals surface area (Å²) in [7, 11) is 3.71. The molecule has 0 radical (unpaired) electrons. The van der Waals surface area contributed by atoms with E-state index in [1.54, 1.807) is 7.11 Å². The lowest BCUT2D eigenvalue weighted by Gasteiger charge is -2.30. The smallest absolute Gasteiger partial charge is 0.244 e. The first kappa shape index (κ1) is 21.2. The monoisotopic (exact) mass is 442 g/mol. The van der Waals surface area contributed by atoms with E-state index in [4.69, 9.17) is 15.5 Å². The normalized spacial score (nSPS) is 14.2. The lowest BCUT2D eigenvalue weighted by molar-refractivity contribution is -0.750. The number of benzene rings is 2. The van der Waals surface area contributed by atoms with Gasteiger partial charge in [-0.15, -0.1) is 9.36 Å². The van der Waals surface area contributed by atoms with Crippen LogP contribution in [0.5, 0.6) is 5.75 Å². The summed E-state index contributed by atoms with van der Waals surface area (Å²) in [6, 6.07) is 17.0. The second-order valence-corrected chi connectivity index (χ2v) is 8.51. The third-order valence-electron chi connectivity index (χ3n) is 6.46. The molecule has 7 nitrogen and oxygen atoms in total. The zero-order chi connectivity index (χ0) is 22.9. The molecule has 1 aliphatic rings. The van der Waals surface area contributed by atoms with Gasteiger partial charge < -0.3 is 15.4 Å². The van der Waals surface area contributed by atoms with E-state index in [2.05, 4.69) is 27.7 Å². The fourth-order valence-electron chi connectivity index (χ4n) is 4.58. The van der Waals surface area contributed by atoms with Crippen molar-refractivity contribution >= 4 is 16.9 Å². The number of pyridine rings is 1. The maximum Gasteiger partial charge on any atom is 0.244 e. The molecule has 0 aliphatic carbocycles. The topological polar surface area (TPSA) is 77.3 Å². The van der Waals surface area contributed by atoms with Gasteiger partial charge in [0.2, 0.25) is 17.8 Å². The van der Waals surface area contributed by atoms with E-state index < -0.39 is 6.04 Å². The number of carbonyl (C=O) groups excluding carboxylic acids is 1. The molecule has 0 bridgehead atoms. The maximum atomic E-state index is 13.0. The van der Waals surface area contributed by atoms with E-state index in [1.165, 1.54) is 11.1 Å². The molecule has 4 aromatic rings. The average Bonchev–Trinajstić information content (AvgIpc) is 3.19. The first-order valence-electron chi connectivity index (χ1n) is 11.1. The molecule has 1 amide bonds. The molecule has 2 N–H and O–H groups in total. The van der Waals surface area contributed by atoms with E-state index >= 15 is 0 Å². The molecule has 0 fully saturated rings. The highest BCUT2D eigenvalue weighted by atomic mass is 16.5. The van der Waals surface area contributed by atoms with Crippen LogP contribution in [0.3, 0.4) is 0 Å². The lowest BCUT2D eigenvalue weighted by Crippen LogP contribution is -2.41. The van der Waals surface area contributed by atoms with Crippen LogP contribution in [0.15, 0.2) is 67.0 Å². The van der Waals surface area contributed by atoms with Crippen molar-refractivity contribution in [3.05, 3.63) is 89.2 Å². The van der Waals surface area contributed by atoms with E-state index in [9.17, 15) is 4.79 Å². The number of amides is 1. The highest BCUT2D eigenvalue weighted by Gasteiger charge is 2.29. The second kappa shape index (κ2) is 8.67. The Bertz CT molecular complexity index is 1300. The number of nitrogens with zero attached hydrogens (tertiary/aromatic N) is 4. The molecule has 1 unspecified atom stereocenters.